The SMILES string of the molecule is CCOC(=O)C1=C(C)N=c2s/c(=C\c3cc(OC)c(O)cc3Br)c(=O)n2[C@@H]1c1ccc(OC(C)C)c(OC)c1. The fourth-order valence-corrected chi connectivity index (χ4v) is 5.77. The molecule has 0 unspecified atom stereocenters. The van der Waals surface area contributed by atoms with Crippen LogP contribution in [0.15, 0.2) is 55.9 Å². The second kappa shape index (κ2) is 11.7. The van der Waals surface area contributed by atoms with Crippen LogP contribution in [0.4, 0.5) is 0 Å². The molecule has 39 heavy (non-hydrogen) atoms. The molecule has 1 aromatic heterocycles. The predicted molar refractivity (Wildman–Crippen MR) is 152 cm³/mol. The Morgan fingerprint density at radius 1 is 1.18 bits per heavy atom. The Balaban J connectivity index is 1.96. The summed E-state index contributed by atoms with van der Waals surface area (Å²) in [7, 11) is 2.99. The first kappa shape index (κ1) is 28.4. The molecule has 1 N–H and O–H groups in total. The van der Waals surface area contributed by atoms with E-state index in [1.54, 1.807) is 44.2 Å². The summed E-state index contributed by atoms with van der Waals surface area (Å²) in [5, 5.41) is 10.1. The Labute approximate surface area is 237 Å². The maximum atomic E-state index is 13.9. The lowest BCUT2D eigenvalue weighted by atomic mass is 9.95. The number of ether oxygens (including phenoxy) is 4. The van der Waals surface area contributed by atoms with Crippen molar-refractivity contribution in [2.24, 2.45) is 4.99 Å². The Kier molecular flexibility index (Phi) is 8.51. The van der Waals surface area contributed by atoms with Crippen LogP contribution in [0.1, 0.15) is 44.9 Å². The fraction of sp³-hybridized carbons (Fsp3) is 0.321. The number of nitrogens with zero attached hydrogens (tertiary/aromatic N) is 2. The highest BCUT2D eigenvalue weighted by molar-refractivity contribution is 9.10. The van der Waals surface area contributed by atoms with Crippen molar-refractivity contribution in [2.75, 3.05) is 20.8 Å². The van der Waals surface area contributed by atoms with Crippen LogP contribution < -0.4 is 29.1 Å². The van der Waals surface area contributed by atoms with E-state index in [1.807, 2.05) is 13.8 Å². The van der Waals surface area contributed by atoms with E-state index in [-0.39, 0.29) is 35.3 Å². The molecular weight excluding hydrogens is 588 g/mol. The summed E-state index contributed by atoms with van der Waals surface area (Å²) in [6.07, 6.45) is 1.62. The number of hydrogen-bond acceptors (Lipinski definition) is 9. The third-order valence-corrected chi connectivity index (χ3v) is 7.64. The molecule has 2 heterocycles. The van der Waals surface area contributed by atoms with Gasteiger partial charge in [-0.1, -0.05) is 33.3 Å². The van der Waals surface area contributed by atoms with E-state index >= 15 is 0 Å². The molecule has 0 bridgehead atoms. The van der Waals surface area contributed by atoms with E-state index in [2.05, 4.69) is 20.9 Å². The lowest BCUT2D eigenvalue weighted by Crippen LogP contribution is -2.40. The maximum Gasteiger partial charge on any atom is 0.338 e. The molecule has 0 saturated carbocycles. The number of halogens is 1. The molecule has 1 aliphatic heterocycles. The molecule has 0 amide bonds. The number of rotatable bonds is 8. The van der Waals surface area contributed by atoms with Crippen LogP contribution in [0.5, 0.6) is 23.0 Å². The van der Waals surface area contributed by atoms with Crippen molar-refractivity contribution in [1.82, 2.24) is 4.57 Å². The molecule has 0 spiro atoms. The Hall–Kier alpha value is -3.57. The third kappa shape index (κ3) is 5.60. The third-order valence-electron chi connectivity index (χ3n) is 5.97. The van der Waals surface area contributed by atoms with Crippen molar-refractivity contribution < 1.29 is 28.8 Å². The maximum absolute atomic E-state index is 13.9. The van der Waals surface area contributed by atoms with Gasteiger partial charge in [-0.15, -0.1) is 0 Å². The lowest BCUT2D eigenvalue weighted by Gasteiger charge is -2.25. The second-order valence-electron chi connectivity index (χ2n) is 8.92. The predicted octanol–water partition coefficient (Wildman–Crippen LogP) is 4.07. The zero-order chi connectivity index (χ0) is 28.4. The van der Waals surface area contributed by atoms with E-state index in [9.17, 15) is 14.7 Å². The number of benzene rings is 2. The molecule has 9 nitrogen and oxygen atoms in total. The number of thiazole rings is 1. The Morgan fingerprint density at radius 3 is 2.54 bits per heavy atom. The van der Waals surface area contributed by atoms with Gasteiger partial charge in [-0.3, -0.25) is 9.36 Å². The molecule has 3 aromatic rings. The molecule has 1 atom stereocenters. The molecule has 11 heteroatoms. The quantitative estimate of drug-likeness (QED) is 0.380. The van der Waals surface area contributed by atoms with Gasteiger partial charge < -0.3 is 24.1 Å². The smallest absolute Gasteiger partial charge is 0.338 e. The fourth-order valence-electron chi connectivity index (χ4n) is 4.29. The van der Waals surface area contributed by atoms with Gasteiger partial charge in [0.1, 0.15) is 0 Å². The minimum Gasteiger partial charge on any atom is -0.504 e. The first-order chi connectivity index (χ1) is 18.6. The van der Waals surface area contributed by atoms with Gasteiger partial charge in [-0.05, 0) is 69.2 Å². The molecule has 0 fully saturated rings. The zero-order valence-electron chi connectivity index (χ0n) is 22.4. The molecule has 0 saturated heterocycles. The van der Waals surface area contributed by atoms with Crippen molar-refractivity contribution in [3.05, 3.63) is 76.9 Å². The molecule has 4 rings (SSSR count). The number of phenols is 1. The van der Waals surface area contributed by atoms with E-state index in [1.165, 1.54) is 36.2 Å². The highest BCUT2D eigenvalue weighted by Crippen LogP contribution is 2.37. The second-order valence-corrected chi connectivity index (χ2v) is 10.8. The summed E-state index contributed by atoms with van der Waals surface area (Å²) in [4.78, 5) is 32.1. The van der Waals surface area contributed by atoms with Crippen molar-refractivity contribution in [3.8, 4) is 23.0 Å². The molecule has 206 valence electrons. The molecular formula is C28H29BrN2O7S. The Bertz CT molecular complexity index is 1640. The zero-order valence-corrected chi connectivity index (χ0v) is 24.8. The van der Waals surface area contributed by atoms with Crippen LogP contribution in [0, 0.1) is 0 Å². The van der Waals surface area contributed by atoms with Gasteiger partial charge in [-0.2, -0.15) is 0 Å². The van der Waals surface area contributed by atoms with E-state index in [0.29, 0.717) is 42.1 Å². The minimum atomic E-state index is -0.803. The number of hydrogen-bond donors (Lipinski definition) is 1. The number of carbonyl (C=O) groups excluding carboxylic acids is 1. The molecule has 0 aliphatic carbocycles. The first-order valence-corrected chi connectivity index (χ1v) is 13.8. The van der Waals surface area contributed by atoms with Gasteiger partial charge in [0.05, 0.1) is 48.8 Å². The van der Waals surface area contributed by atoms with Crippen LogP contribution >= 0.6 is 27.3 Å². The molecule has 2 aromatic carbocycles. The standard InChI is InChI=1S/C28H29BrN2O7S/c1-7-37-27(34)24-15(4)30-28-31(25(24)16-8-9-20(38-14(2)3)22(10-16)36-6)26(33)23(39-28)12-17-11-21(35-5)19(32)13-18(17)29/h8-14,25,32H,7H2,1-6H3/b23-12-/t25-/m1/s1. The van der Waals surface area contributed by atoms with Crippen LogP contribution in [0.2, 0.25) is 0 Å². The summed E-state index contributed by atoms with van der Waals surface area (Å²) < 4.78 is 24.5. The van der Waals surface area contributed by atoms with Crippen molar-refractivity contribution in [1.29, 1.82) is 0 Å². The summed E-state index contributed by atoms with van der Waals surface area (Å²) in [5.74, 6) is 0.711. The largest absolute Gasteiger partial charge is 0.504 e. The topological polar surface area (TPSA) is 109 Å². The van der Waals surface area contributed by atoms with Gasteiger partial charge in [-0.25, -0.2) is 9.79 Å². The molecule has 1 aliphatic rings. The Morgan fingerprint density at radius 2 is 1.90 bits per heavy atom. The van der Waals surface area contributed by atoms with E-state index < -0.39 is 12.0 Å². The highest BCUT2D eigenvalue weighted by atomic mass is 79.9. The van der Waals surface area contributed by atoms with Crippen molar-refractivity contribution in [3.63, 3.8) is 0 Å². The summed E-state index contributed by atoms with van der Waals surface area (Å²) >= 11 is 4.63. The highest BCUT2D eigenvalue weighted by Gasteiger charge is 2.34. The summed E-state index contributed by atoms with van der Waals surface area (Å²) in [6.45, 7) is 7.46. The van der Waals surface area contributed by atoms with Gasteiger partial charge in [0, 0.05) is 4.47 Å². The van der Waals surface area contributed by atoms with Gasteiger partial charge in [0.25, 0.3) is 5.56 Å². The number of esters is 1. The molecule has 0 radical (unpaired) electrons. The number of fused-ring (bicyclic) bond motifs is 1. The van der Waals surface area contributed by atoms with Crippen molar-refractivity contribution in [2.45, 2.75) is 39.8 Å². The lowest BCUT2D eigenvalue weighted by molar-refractivity contribution is -0.139. The minimum absolute atomic E-state index is 0.0310. The summed E-state index contributed by atoms with van der Waals surface area (Å²) in [6, 6.07) is 7.66. The normalized spacial score (nSPS) is 15.2. The van der Waals surface area contributed by atoms with Gasteiger partial charge in [0.15, 0.2) is 27.8 Å². The summed E-state index contributed by atoms with van der Waals surface area (Å²) in [5.41, 5.74) is 1.66. The number of carbonyl (C=O) groups is 1. The first-order valence-electron chi connectivity index (χ1n) is 12.2. The number of aromatic nitrogens is 1. The van der Waals surface area contributed by atoms with Crippen LogP contribution in [-0.2, 0) is 9.53 Å². The van der Waals surface area contributed by atoms with Gasteiger partial charge in [0.2, 0.25) is 0 Å². The van der Waals surface area contributed by atoms with E-state index in [0.717, 1.165) is 0 Å². The van der Waals surface area contributed by atoms with Crippen LogP contribution in [0.3, 0.4) is 0 Å². The monoisotopic (exact) mass is 616 g/mol. The van der Waals surface area contributed by atoms with Gasteiger partial charge >= 0.3 is 5.97 Å². The number of phenolic OH excluding ortho intramolecular Hbond substituents is 1. The number of allylic oxidation sites excluding steroid dienone is 1. The average Bonchev–Trinajstić information content (AvgIpc) is 3.19. The number of methoxy groups -OCH3 is 2. The average molecular weight is 618 g/mol. The number of aromatic hydroxyl groups is 1. The van der Waals surface area contributed by atoms with Crippen molar-refractivity contribution >= 4 is 39.3 Å². The van der Waals surface area contributed by atoms with E-state index in [4.69, 9.17) is 18.9 Å². The van der Waals surface area contributed by atoms with Crippen LogP contribution in [-0.4, -0.2) is 42.6 Å². The van der Waals surface area contributed by atoms with Crippen LogP contribution in [0.25, 0.3) is 6.08 Å².